The molecule has 7 heteroatoms. The number of carbonyl (C=O) groups is 1. The number of H-pyrrole nitrogens is 1. The lowest BCUT2D eigenvalue weighted by molar-refractivity contribution is 0.102. The number of nitrogens with zero attached hydrogens (tertiary/aromatic N) is 4. The largest absolute Gasteiger partial charge is 0.347 e. The molecular weight excluding hydrogens is 508 g/mol. The number of hydrogen-bond acceptors (Lipinski definition) is 5. The summed E-state index contributed by atoms with van der Waals surface area (Å²) in [5.41, 5.74) is 6.08. The number of carbonyl (C=O) groups excluding carboxylic acids is 1. The second kappa shape index (κ2) is 15.3. The quantitative estimate of drug-likeness (QED) is 0.166. The highest BCUT2D eigenvalue weighted by Crippen LogP contribution is 2.23. The Balaban J connectivity index is 1.39. The Morgan fingerprint density at radius 2 is 1.49 bits per heavy atom. The monoisotopic (exact) mass is 552 g/mol. The van der Waals surface area contributed by atoms with Crippen LogP contribution in [0.5, 0.6) is 0 Å². The number of aromatic amines is 1. The topological polar surface area (TPSA) is 77.2 Å². The molecule has 0 saturated heterocycles. The normalized spacial score (nSPS) is 12.1. The lowest BCUT2D eigenvalue weighted by Crippen LogP contribution is -2.27. The lowest BCUT2D eigenvalue weighted by atomic mass is 10.1. The number of aryl methyl sites for hydroxylation is 1. The maximum absolute atomic E-state index is 13.0. The van der Waals surface area contributed by atoms with Crippen LogP contribution in [-0.4, -0.2) is 43.7 Å². The van der Waals surface area contributed by atoms with Crippen molar-refractivity contribution in [2.24, 2.45) is 0 Å². The second-order valence-corrected chi connectivity index (χ2v) is 10.7. The Labute approximate surface area is 245 Å². The zero-order valence-corrected chi connectivity index (χ0v) is 24.9. The first-order chi connectivity index (χ1) is 20.0. The summed E-state index contributed by atoms with van der Waals surface area (Å²) in [5.74, 6) is 0.810. The first-order valence-corrected chi connectivity index (χ1v) is 14.9. The number of anilines is 1. The first-order valence-electron chi connectivity index (χ1n) is 14.9. The highest BCUT2D eigenvalue weighted by atomic mass is 16.1. The molecule has 0 aliphatic heterocycles. The van der Waals surface area contributed by atoms with Gasteiger partial charge in [0.1, 0.15) is 5.82 Å². The van der Waals surface area contributed by atoms with Crippen molar-refractivity contribution < 1.29 is 4.79 Å². The SMILES string of the molecule is CCCN(CCC)Cc1ccc(NC(=O)c2ccc(CN(Cc3ccc(CC)cn3)C(C)c3ncc[nH]3)cc2)cc1. The van der Waals surface area contributed by atoms with E-state index in [0.29, 0.717) is 18.7 Å². The molecule has 1 amide bonds. The van der Waals surface area contributed by atoms with Gasteiger partial charge in [0.25, 0.3) is 5.91 Å². The van der Waals surface area contributed by atoms with Crippen LogP contribution >= 0.6 is 0 Å². The highest BCUT2D eigenvalue weighted by molar-refractivity contribution is 6.04. The summed E-state index contributed by atoms with van der Waals surface area (Å²) in [6.07, 6.45) is 8.87. The van der Waals surface area contributed by atoms with Crippen molar-refractivity contribution in [1.29, 1.82) is 0 Å². The number of nitrogens with one attached hydrogen (secondary N) is 2. The number of imidazole rings is 1. The van der Waals surface area contributed by atoms with Gasteiger partial charge in [-0.05, 0) is 86.3 Å². The van der Waals surface area contributed by atoms with Gasteiger partial charge in [-0.2, -0.15) is 0 Å². The van der Waals surface area contributed by atoms with Gasteiger partial charge in [-0.15, -0.1) is 0 Å². The van der Waals surface area contributed by atoms with Crippen molar-refractivity contribution in [3.8, 4) is 0 Å². The van der Waals surface area contributed by atoms with Crippen LogP contribution in [0.3, 0.4) is 0 Å². The molecule has 1 unspecified atom stereocenters. The summed E-state index contributed by atoms with van der Waals surface area (Å²) in [7, 11) is 0. The Morgan fingerprint density at radius 1 is 0.829 bits per heavy atom. The average Bonchev–Trinajstić information content (AvgIpc) is 3.54. The molecule has 0 saturated carbocycles. The number of rotatable bonds is 15. The molecule has 7 nitrogen and oxygen atoms in total. The summed E-state index contributed by atoms with van der Waals surface area (Å²) >= 11 is 0. The molecule has 4 aromatic rings. The van der Waals surface area contributed by atoms with E-state index in [2.05, 4.69) is 82.0 Å². The number of amides is 1. The Bertz CT molecular complexity index is 1310. The van der Waals surface area contributed by atoms with E-state index in [4.69, 9.17) is 0 Å². The number of pyridine rings is 1. The smallest absolute Gasteiger partial charge is 0.255 e. The minimum Gasteiger partial charge on any atom is -0.347 e. The number of aromatic nitrogens is 3. The summed E-state index contributed by atoms with van der Waals surface area (Å²) in [6, 6.07) is 20.4. The molecule has 1 atom stereocenters. The van der Waals surface area contributed by atoms with Gasteiger partial charge in [0, 0.05) is 49.5 Å². The number of hydrogen-bond donors (Lipinski definition) is 2. The maximum Gasteiger partial charge on any atom is 0.255 e. The highest BCUT2D eigenvalue weighted by Gasteiger charge is 2.19. The van der Waals surface area contributed by atoms with E-state index in [9.17, 15) is 4.79 Å². The molecule has 2 N–H and O–H groups in total. The fraction of sp³-hybridized carbons (Fsp3) is 0.382. The third-order valence-electron chi connectivity index (χ3n) is 7.42. The molecule has 0 spiro atoms. The zero-order valence-electron chi connectivity index (χ0n) is 24.9. The van der Waals surface area contributed by atoms with Crippen molar-refractivity contribution in [2.75, 3.05) is 18.4 Å². The summed E-state index contributed by atoms with van der Waals surface area (Å²) in [5, 5.41) is 3.04. The molecule has 0 aliphatic carbocycles. The standard InChI is InChI=1S/C34H44N6O/c1-5-20-39(21-6-2)23-28-11-15-31(16-12-28)38-34(41)30-13-8-29(9-14-30)24-40(26(4)33-35-18-19-36-33)25-32-17-10-27(7-3)22-37-32/h8-19,22,26H,5-7,20-21,23-25H2,1-4H3,(H,35,36)(H,38,41). The molecule has 2 aromatic carbocycles. The van der Waals surface area contributed by atoms with Gasteiger partial charge in [-0.3, -0.25) is 19.6 Å². The van der Waals surface area contributed by atoms with Gasteiger partial charge in [0.05, 0.1) is 11.7 Å². The molecule has 0 fully saturated rings. The van der Waals surface area contributed by atoms with Gasteiger partial charge < -0.3 is 10.3 Å². The minimum atomic E-state index is -0.107. The maximum atomic E-state index is 13.0. The summed E-state index contributed by atoms with van der Waals surface area (Å²) < 4.78 is 0. The van der Waals surface area contributed by atoms with Crippen molar-refractivity contribution in [1.82, 2.24) is 24.8 Å². The predicted octanol–water partition coefficient (Wildman–Crippen LogP) is 7.00. The van der Waals surface area contributed by atoms with Crippen molar-refractivity contribution >= 4 is 11.6 Å². The zero-order chi connectivity index (χ0) is 29.0. The van der Waals surface area contributed by atoms with E-state index in [1.54, 1.807) is 6.20 Å². The van der Waals surface area contributed by atoms with Crippen LogP contribution in [0, 0.1) is 0 Å². The Hall–Kier alpha value is -3.81. The van der Waals surface area contributed by atoms with Crippen LogP contribution in [0.4, 0.5) is 5.69 Å². The van der Waals surface area contributed by atoms with E-state index in [-0.39, 0.29) is 11.9 Å². The van der Waals surface area contributed by atoms with E-state index in [1.165, 1.54) is 11.1 Å². The third-order valence-corrected chi connectivity index (χ3v) is 7.42. The van der Waals surface area contributed by atoms with E-state index >= 15 is 0 Å². The van der Waals surface area contributed by atoms with Crippen LogP contribution in [0.1, 0.15) is 85.1 Å². The van der Waals surface area contributed by atoms with E-state index in [1.807, 2.05) is 48.8 Å². The fourth-order valence-corrected chi connectivity index (χ4v) is 5.03. The average molecular weight is 553 g/mol. The minimum absolute atomic E-state index is 0.0691. The van der Waals surface area contributed by atoms with Crippen molar-refractivity contribution in [2.45, 2.75) is 72.6 Å². The molecule has 2 heterocycles. The van der Waals surface area contributed by atoms with Crippen LogP contribution in [0.15, 0.2) is 79.3 Å². The number of benzene rings is 2. The molecule has 0 aliphatic rings. The summed E-state index contributed by atoms with van der Waals surface area (Å²) in [4.78, 5) is 30.2. The Morgan fingerprint density at radius 3 is 2.07 bits per heavy atom. The summed E-state index contributed by atoms with van der Waals surface area (Å²) in [6.45, 7) is 13.3. The Kier molecular flexibility index (Phi) is 11.2. The molecular formula is C34H44N6O. The molecule has 0 radical (unpaired) electrons. The van der Waals surface area contributed by atoms with E-state index in [0.717, 1.165) is 61.7 Å². The third kappa shape index (κ3) is 8.84. The van der Waals surface area contributed by atoms with Crippen LogP contribution in [0.25, 0.3) is 0 Å². The van der Waals surface area contributed by atoms with E-state index < -0.39 is 0 Å². The first kappa shape index (κ1) is 30.2. The van der Waals surface area contributed by atoms with Gasteiger partial charge in [-0.1, -0.05) is 51.1 Å². The van der Waals surface area contributed by atoms with Gasteiger partial charge >= 0.3 is 0 Å². The molecule has 41 heavy (non-hydrogen) atoms. The lowest BCUT2D eigenvalue weighted by Gasteiger charge is -2.28. The second-order valence-electron chi connectivity index (χ2n) is 10.7. The molecule has 2 aromatic heterocycles. The van der Waals surface area contributed by atoms with Gasteiger partial charge in [0.15, 0.2) is 0 Å². The van der Waals surface area contributed by atoms with Crippen molar-refractivity contribution in [3.05, 3.63) is 113 Å². The molecule has 0 bridgehead atoms. The molecule has 216 valence electrons. The van der Waals surface area contributed by atoms with Crippen LogP contribution in [-0.2, 0) is 26.1 Å². The van der Waals surface area contributed by atoms with Crippen molar-refractivity contribution in [3.63, 3.8) is 0 Å². The van der Waals surface area contributed by atoms with Crippen LogP contribution < -0.4 is 5.32 Å². The van der Waals surface area contributed by atoms with Gasteiger partial charge in [0.2, 0.25) is 0 Å². The van der Waals surface area contributed by atoms with Gasteiger partial charge in [-0.25, -0.2) is 4.98 Å². The fourth-order valence-electron chi connectivity index (χ4n) is 5.03. The van der Waals surface area contributed by atoms with Crippen LogP contribution in [0.2, 0.25) is 0 Å². The predicted molar refractivity (Wildman–Crippen MR) is 167 cm³/mol. The molecule has 4 rings (SSSR count).